The lowest BCUT2D eigenvalue weighted by Crippen LogP contribution is -2.43. The number of nitrogens with one attached hydrogen (secondary N) is 2. The van der Waals surface area contributed by atoms with Crippen LogP contribution in [-0.2, 0) is 14.3 Å². The van der Waals surface area contributed by atoms with Crippen molar-refractivity contribution in [1.82, 2.24) is 15.5 Å². The fraction of sp³-hybridized carbons (Fsp3) is 0.190. The smallest absolute Gasteiger partial charge is 0.327 e. The SMILES string of the molecule is CCNC(=O)NC(=O)[C@@H](OC(=O)CN1C(=O)c2ccccc2C1=O)c1ccccc1. The van der Waals surface area contributed by atoms with Gasteiger partial charge in [-0.2, -0.15) is 0 Å². The first kappa shape index (κ1) is 20.7. The van der Waals surface area contributed by atoms with E-state index in [1.165, 1.54) is 12.1 Å². The summed E-state index contributed by atoms with van der Waals surface area (Å²) in [5, 5.41) is 4.50. The van der Waals surface area contributed by atoms with Gasteiger partial charge in [0.05, 0.1) is 11.1 Å². The Kier molecular flexibility index (Phi) is 6.21. The number of ether oxygens (including phenoxy) is 1. The van der Waals surface area contributed by atoms with Gasteiger partial charge >= 0.3 is 12.0 Å². The minimum Gasteiger partial charge on any atom is -0.446 e. The van der Waals surface area contributed by atoms with Gasteiger partial charge in [-0.1, -0.05) is 42.5 Å². The van der Waals surface area contributed by atoms with Crippen molar-refractivity contribution in [2.45, 2.75) is 13.0 Å². The fourth-order valence-electron chi connectivity index (χ4n) is 2.96. The molecule has 0 radical (unpaired) electrons. The Bertz CT molecular complexity index is 970. The number of carbonyl (C=O) groups is 5. The molecule has 2 N–H and O–H groups in total. The lowest BCUT2D eigenvalue weighted by molar-refractivity contribution is -0.156. The summed E-state index contributed by atoms with van der Waals surface area (Å²) in [6.45, 7) is 1.32. The molecule has 0 fully saturated rings. The van der Waals surface area contributed by atoms with Gasteiger partial charge in [0, 0.05) is 12.1 Å². The number of rotatable bonds is 6. The van der Waals surface area contributed by atoms with E-state index in [1.807, 2.05) is 0 Å². The average Bonchev–Trinajstić information content (AvgIpc) is 2.98. The number of fused-ring (bicyclic) bond motifs is 1. The van der Waals surface area contributed by atoms with Crippen molar-refractivity contribution in [2.75, 3.05) is 13.1 Å². The standard InChI is InChI=1S/C21H19N3O6/c1-2-22-21(29)23-18(26)17(13-8-4-3-5-9-13)30-16(25)12-24-19(27)14-10-6-7-11-15(14)20(24)28/h3-11,17H,2,12H2,1H3,(H2,22,23,26,29)/t17-/m0/s1. The Morgan fingerprint density at radius 2 is 1.50 bits per heavy atom. The first-order chi connectivity index (χ1) is 14.4. The third kappa shape index (κ3) is 4.35. The molecule has 0 saturated heterocycles. The Labute approximate surface area is 172 Å². The predicted molar refractivity (Wildman–Crippen MR) is 104 cm³/mol. The van der Waals surface area contributed by atoms with Crippen molar-refractivity contribution < 1.29 is 28.7 Å². The Morgan fingerprint density at radius 3 is 2.07 bits per heavy atom. The van der Waals surface area contributed by atoms with Crippen molar-refractivity contribution >= 4 is 29.7 Å². The summed E-state index contributed by atoms with van der Waals surface area (Å²) in [7, 11) is 0. The molecule has 2 aromatic carbocycles. The largest absolute Gasteiger partial charge is 0.446 e. The first-order valence-electron chi connectivity index (χ1n) is 9.20. The van der Waals surface area contributed by atoms with Crippen LogP contribution in [0.2, 0.25) is 0 Å². The Hall–Kier alpha value is -4.01. The quantitative estimate of drug-likeness (QED) is 0.550. The van der Waals surface area contributed by atoms with Gasteiger partial charge in [-0.15, -0.1) is 0 Å². The molecular weight excluding hydrogens is 390 g/mol. The molecular formula is C21H19N3O6. The highest BCUT2D eigenvalue weighted by atomic mass is 16.5. The van der Waals surface area contributed by atoms with Gasteiger partial charge in [-0.25, -0.2) is 4.79 Å². The van der Waals surface area contributed by atoms with Crippen LogP contribution in [0.3, 0.4) is 0 Å². The maximum absolute atomic E-state index is 12.5. The Balaban J connectivity index is 1.74. The van der Waals surface area contributed by atoms with Gasteiger partial charge in [-0.05, 0) is 19.1 Å². The third-order valence-electron chi connectivity index (χ3n) is 4.33. The summed E-state index contributed by atoms with van der Waals surface area (Å²) in [6.07, 6.45) is -1.43. The van der Waals surface area contributed by atoms with Crippen LogP contribution in [0.4, 0.5) is 4.79 Å². The predicted octanol–water partition coefficient (Wildman–Crippen LogP) is 1.41. The van der Waals surface area contributed by atoms with E-state index >= 15 is 0 Å². The minimum absolute atomic E-state index is 0.198. The zero-order valence-electron chi connectivity index (χ0n) is 16.1. The van der Waals surface area contributed by atoms with Crippen LogP contribution in [0.5, 0.6) is 0 Å². The van der Waals surface area contributed by atoms with Crippen molar-refractivity contribution in [3.8, 4) is 0 Å². The van der Waals surface area contributed by atoms with Crippen LogP contribution in [0, 0.1) is 0 Å². The summed E-state index contributed by atoms with van der Waals surface area (Å²) < 4.78 is 5.26. The topological polar surface area (TPSA) is 122 Å². The van der Waals surface area contributed by atoms with E-state index in [-0.39, 0.29) is 11.1 Å². The molecule has 0 spiro atoms. The van der Waals surface area contributed by atoms with Crippen molar-refractivity contribution in [2.24, 2.45) is 0 Å². The van der Waals surface area contributed by atoms with E-state index in [9.17, 15) is 24.0 Å². The van der Waals surface area contributed by atoms with Crippen molar-refractivity contribution in [3.05, 3.63) is 71.3 Å². The monoisotopic (exact) mass is 409 g/mol. The van der Waals surface area contributed by atoms with E-state index in [1.54, 1.807) is 49.4 Å². The summed E-state index contributed by atoms with van der Waals surface area (Å²) >= 11 is 0. The normalized spacial score (nSPS) is 13.4. The van der Waals surface area contributed by atoms with Crippen LogP contribution < -0.4 is 10.6 Å². The van der Waals surface area contributed by atoms with E-state index < -0.39 is 42.4 Å². The van der Waals surface area contributed by atoms with Crippen LogP contribution >= 0.6 is 0 Å². The van der Waals surface area contributed by atoms with Crippen LogP contribution in [0.1, 0.15) is 39.3 Å². The first-order valence-corrected chi connectivity index (χ1v) is 9.20. The second kappa shape index (κ2) is 8.99. The lowest BCUT2D eigenvalue weighted by atomic mass is 10.1. The molecule has 0 unspecified atom stereocenters. The zero-order chi connectivity index (χ0) is 21.7. The maximum atomic E-state index is 12.5. The number of benzene rings is 2. The van der Waals surface area contributed by atoms with Gasteiger partial charge in [0.1, 0.15) is 6.54 Å². The molecule has 0 aromatic heterocycles. The number of amides is 5. The molecule has 5 amide bonds. The summed E-state index contributed by atoms with van der Waals surface area (Å²) in [6, 6.07) is 13.6. The van der Waals surface area contributed by atoms with Gasteiger partial charge in [0.25, 0.3) is 17.7 Å². The lowest BCUT2D eigenvalue weighted by Gasteiger charge is -2.19. The molecule has 0 aliphatic carbocycles. The number of hydrogen-bond donors (Lipinski definition) is 2. The molecule has 1 atom stereocenters. The molecule has 1 aliphatic heterocycles. The molecule has 9 heteroatoms. The third-order valence-corrected chi connectivity index (χ3v) is 4.33. The minimum atomic E-state index is -1.43. The van der Waals surface area contributed by atoms with Crippen LogP contribution in [-0.4, -0.2) is 47.7 Å². The summed E-state index contributed by atoms with van der Waals surface area (Å²) in [5.74, 6) is -3.06. The zero-order valence-corrected chi connectivity index (χ0v) is 16.1. The summed E-state index contributed by atoms with van der Waals surface area (Å²) in [4.78, 5) is 62.3. The van der Waals surface area contributed by atoms with Gasteiger partial charge in [-0.3, -0.25) is 29.4 Å². The highest BCUT2D eigenvalue weighted by Crippen LogP contribution is 2.23. The molecule has 30 heavy (non-hydrogen) atoms. The Morgan fingerprint density at radius 1 is 0.933 bits per heavy atom. The summed E-state index contributed by atoms with van der Waals surface area (Å²) in [5.41, 5.74) is 0.725. The molecule has 3 rings (SSSR count). The number of esters is 1. The van der Waals surface area contributed by atoms with E-state index in [0.717, 1.165) is 4.90 Å². The van der Waals surface area contributed by atoms with E-state index in [2.05, 4.69) is 10.6 Å². The van der Waals surface area contributed by atoms with E-state index in [0.29, 0.717) is 12.1 Å². The molecule has 154 valence electrons. The number of hydrogen-bond acceptors (Lipinski definition) is 6. The van der Waals surface area contributed by atoms with E-state index in [4.69, 9.17) is 4.74 Å². The molecule has 1 aliphatic rings. The number of nitrogens with zero attached hydrogens (tertiary/aromatic N) is 1. The fourth-order valence-corrected chi connectivity index (χ4v) is 2.96. The van der Waals surface area contributed by atoms with Gasteiger partial charge < -0.3 is 10.1 Å². The molecule has 0 bridgehead atoms. The highest BCUT2D eigenvalue weighted by molar-refractivity contribution is 6.22. The number of urea groups is 1. The second-order valence-electron chi connectivity index (χ2n) is 6.37. The average molecular weight is 409 g/mol. The van der Waals surface area contributed by atoms with Gasteiger partial charge in [0.2, 0.25) is 6.10 Å². The molecule has 2 aromatic rings. The molecule has 9 nitrogen and oxygen atoms in total. The number of imide groups is 2. The highest BCUT2D eigenvalue weighted by Gasteiger charge is 2.37. The van der Waals surface area contributed by atoms with Crippen molar-refractivity contribution in [1.29, 1.82) is 0 Å². The second-order valence-corrected chi connectivity index (χ2v) is 6.37. The molecule has 0 saturated carbocycles. The molecule has 1 heterocycles. The van der Waals surface area contributed by atoms with Crippen LogP contribution in [0.25, 0.3) is 0 Å². The van der Waals surface area contributed by atoms with Gasteiger partial charge in [0.15, 0.2) is 0 Å². The van der Waals surface area contributed by atoms with Crippen LogP contribution in [0.15, 0.2) is 54.6 Å². The number of carbonyl (C=O) groups excluding carboxylic acids is 5. The maximum Gasteiger partial charge on any atom is 0.327 e. The van der Waals surface area contributed by atoms with Crippen molar-refractivity contribution in [3.63, 3.8) is 0 Å².